The van der Waals surface area contributed by atoms with Crippen LogP contribution in [-0.4, -0.2) is 70.4 Å². The molecular weight excluding hydrogens is 598 g/mol. The summed E-state index contributed by atoms with van der Waals surface area (Å²) in [4.78, 5) is 81.4. The number of carbonyl (C=O) groups excluding carboxylic acids is 6. The van der Waals surface area contributed by atoms with Gasteiger partial charge in [0.25, 0.3) is 5.91 Å². The lowest BCUT2D eigenvalue weighted by Gasteiger charge is -2.41. The lowest BCUT2D eigenvalue weighted by molar-refractivity contribution is -0.145. The molecule has 4 aliphatic rings. The van der Waals surface area contributed by atoms with Gasteiger partial charge in [0.1, 0.15) is 18.1 Å². The number of hydrogen-bond acceptors (Lipinski definition) is 6. The van der Waals surface area contributed by atoms with E-state index < -0.39 is 52.7 Å². The van der Waals surface area contributed by atoms with Crippen LogP contribution in [0.4, 0.5) is 4.79 Å². The number of hydrogen-bond donors (Lipinski definition) is 4. The average Bonchev–Trinajstić information content (AvgIpc) is 3.30. The molecule has 0 bridgehead atoms. The maximum atomic E-state index is 14.4. The fraction of sp³-hybridized carbons (Fsp3) is 0.667. The normalized spacial score (nSPS) is 25.7. The molecule has 5 atom stereocenters. The third-order valence-corrected chi connectivity index (χ3v) is 11.4. The zero-order valence-corrected chi connectivity index (χ0v) is 28.4. The van der Waals surface area contributed by atoms with Gasteiger partial charge in [0, 0.05) is 24.1 Å². The van der Waals surface area contributed by atoms with Crippen LogP contribution in [0.2, 0.25) is 0 Å². The summed E-state index contributed by atoms with van der Waals surface area (Å²) < 4.78 is 0. The zero-order chi connectivity index (χ0) is 34.3. The summed E-state index contributed by atoms with van der Waals surface area (Å²) in [6.45, 7) is 10.1. The lowest BCUT2D eigenvalue weighted by atomic mass is 9.77. The van der Waals surface area contributed by atoms with Crippen molar-refractivity contribution >= 4 is 35.3 Å². The number of ketones is 2. The van der Waals surface area contributed by atoms with E-state index in [1.807, 2.05) is 39.0 Å². The number of Topliss-reactive ketones (excluding diaryl/α,β-unsaturated/α-hetero) is 2. The topological polar surface area (TPSA) is 168 Å². The number of piperidine rings is 1. The van der Waals surface area contributed by atoms with Gasteiger partial charge < -0.3 is 26.6 Å². The quantitative estimate of drug-likeness (QED) is 0.211. The molecule has 4 fully saturated rings. The molecule has 0 spiro atoms. The highest BCUT2D eigenvalue weighted by Gasteiger charge is 2.70. The SMILES string of the molecule is CC(C)(C)[C@H](NC(=O)NC1(CC(=O)c2ccccc2)CCCCC1)C(=O)N1C[C@H]2[C@@H]([C@H]1C(=O)NC(C(=O)C(N)=O)C1CCC1)C2(C)C. The minimum Gasteiger partial charge on any atom is -0.363 e. The van der Waals surface area contributed by atoms with Crippen molar-refractivity contribution < 1.29 is 28.8 Å². The Labute approximate surface area is 277 Å². The van der Waals surface area contributed by atoms with E-state index in [1.165, 1.54) is 0 Å². The van der Waals surface area contributed by atoms with Gasteiger partial charge in [-0.2, -0.15) is 0 Å². The van der Waals surface area contributed by atoms with Crippen LogP contribution in [0.25, 0.3) is 0 Å². The molecular formula is C36H51N5O6. The number of carbonyl (C=O) groups is 6. The Kier molecular flexibility index (Phi) is 9.59. The maximum Gasteiger partial charge on any atom is 0.315 e. The molecule has 1 saturated heterocycles. The number of amides is 5. The molecule has 5 amide bonds. The first-order valence-corrected chi connectivity index (χ1v) is 17.2. The van der Waals surface area contributed by atoms with Crippen molar-refractivity contribution in [3.63, 3.8) is 0 Å². The van der Waals surface area contributed by atoms with Gasteiger partial charge in [-0.3, -0.25) is 24.0 Å². The Bertz CT molecular complexity index is 1410. The summed E-state index contributed by atoms with van der Waals surface area (Å²) >= 11 is 0. The number of nitrogens with one attached hydrogen (secondary N) is 3. The molecule has 11 heteroatoms. The fourth-order valence-corrected chi connectivity index (χ4v) is 8.21. The van der Waals surface area contributed by atoms with Crippen LogP contribution in [0.3, 0.4) is 0 Å². The van der Waals surface area contributed by atoms with E-state index in [4.69, 9.17) is 5.73 Å². The summed E-state index contributed by atoms with van der Waals surface area (Å²) in [6.07, 6.45) is 6.59. The maximum absolute atomic E-state index is 14.4. The predicted molar refractivity (Wildman–Crippen MR) is 176 cm³/mol. The van der Waals surface area contributed by atoms with Gasteiger partial charge in [0.15, 0.2) is 5.78 Å². The Morgan fingerprint density at radius 2 is 1.57 bits per heavy atom. The molecule has 256 valence electrons. The zero-order valence-electron chi connectivity index (χ0n) is 28.4. The van der Waals surface area contributed by atoms with Crippen molar-refractivity contribution in [1.82, 2.24) is 20.9 Å². The highest BCUT2D eigenvalue weighted by molar-refractivity contribution is 6.38. The third-order valence-electron chi connectivity index (χ3n) is 11.4. The van der Waals surface area contributed by atoms with Crippen LogP contribution in [0.5, 0.6) is 0 Å². The van der Waals surface area contributed by atoms with E-state index in [0.29, 0.717) is 37.8 Å². The summed E-state index contributed by atoms with van der Waals surface area (Å²) in [5, 5.41) is 8.87. The van der Waals surface area contributed by atoms with Crippen LogP contribution in [0.15, 0.2) is 30.3 Å². The van der Waals surface area contributed by atoms with Gasteiger partial charge in [0.2, 0.25) is 17.6 Å². The minimum absolute atomic E-state index is 0.0426. The molecule has 5 N–H and O–H groups in total. The molecule has 3 aliphatic carbocycles. The average molecular weight is 650 g/mol. The second-order valence-corrected chi connectivity index (χ2v) is 16.0. The number of primary amides is 1. The monoisotopic (exact) mass is 649 g/mol. The second kappa shape index (κ2) is 13.0. The van der Waals surface area contributed by atoms with Crippen LogP contribution in [-0.2, 0) is 19.2 Å². The molecule has 1 aliphatic heterocycles. The van der Waals surface area contributed by atoms with E-state index in [-0.39, 0.29) is 41.3 Å². The summed E-state index contributed by atoms with van der Waals surface area (Å²) in [7, 11) is 0. The number of fused-ring (bicyclic) bond motifs is 1. The van der Waals surface area contributed by atoms with Gasteiger partial charge in [-0.15, -0.1) is 0 Å². The van der Waals surface area contributed by atoms with E-state index in [2.05, 4.69) is 29.8 Å². The molecule has 5 rings (SSSR count). The number of likely N-dealkylation sites (tertiary alicyclic amines) is 1. The first-order chi connectivity index (χ1) is 22.1. The number of benzene rings is 1. The molecule has 1 aromatic carbocycles. The van der Waals surface area contributed by atoms with Crippen LogP contribution in [0, 0.1) is 28.6 Å². The molecule has 11 nitrogen and oxygen atoms in total. The molecule has 3 saturated carbocycles. The minimum atomic E-state index is -1.09. The van der Waals surface area contributed by atoms with Gasteiger partial charge in [-0.05, 0) is 54.3 Å². The highest BCUT2D eigenvalue weighted by Crippen LogP contribution is 2.65. The third kappa shape index (κ3) is 7.09. The number of nitrogens with two attached hydrogens (primary N) is 1. The largest absolute Gasteiger partial charge is 0.363 e. The second-order valence-electron chi connectivity index (χ2n) is 16.0. The Hall–Kier alpha value is -3.76. The molecule has 0 radical (unpaired) electrons. The van der Waals surface area contributed by atoms with Gasteiger partial charge in [0.05, 0.1) is 0 Å². The number of urea groups is 1. The van der Waals surface area contributed by atoms with Crippen molar-refractivity contribution in [3.05, 3.63) is 35.9 Å². The smallest absolute Gasteiger partial charge is 0.315 e. The number of rotatable bonds is 11. The first-order valence-electron chi connectivity index (χ1n) is 17.2. The van der Waals surface area contributed by atoms with Crippen molar-refractivity contribution in [2.45, 2.75) is 116 Å². The Morgan fingerprint density at radius 1 is 0.936 bits per heavy atom. The van der Waals surface area contributed by atoms with E-state index >= 15 is 0 Å². The highest BCUT2D eigenvalue weighted by atomic mass is 16.2. The van der Waals surface area contributed by atoms with Crippen molar-refractivity contribution in [2.75, 3.05) is 6.54 Å². The van der Waals surface area contributed by atoms with E-state index in [0.717, 1.165) is 25.7 Å². The Balaban J connectivity index is 1.34. The summed E-state index contributed by atoms with van der Waals surface area (Å²) in [6, 6.07) is 5.69. The van der Waals surface area contributed by atoms with Crippen LogP contribution >= 0.6 is 0 Å². The standard InChI is InChI=1S/C36H51N5O6/c1-34(2,3)29(39-33(47)40-36(17-10-7-11-18-36)19-24(42)21-13-8-6-9-14-21)32(46)41-20-23-25(35(23,4)5)27(41)31(45)38-26(22-15-12-16-22)28(43)30(37)44/h6,8-9,13-14,22-23,25-27,29H,7,10-12,15-20H2,1-5H3,(H2,37,44)(H,38,45)(H2,39,40,47)/t23-,25-,26?,27-,29+/m0/s1. The van der Waals surface area contributed by atoms with E-state index in [9.17, 15) is 28.8 Å². The predicted octanol–water partition coefficient (Wildman–Crippen LogP) is 3.50. The van der Waals surface area contributed by atoms with Crippen molar-refractivity contribution in [1.29, 1.82) is 0 Å². The van der Waals surface area contributed by atoms with E-state index in [1.54, 1.807) is 17.0 Å². The first kappa shape index (κ1) is 34.6. The van der Waals surface area contributed by atoms with Crippen LogP contribution in [0.1, 0.15) is 103 Å². The number of nitrogens with zero attached hydrogens (tertiary/aromatic N) is 1. The molecule has 1 unspecified atom stereocenters. The van der Waals surface area contributed by atoms with Crippen molar-refractivity contribution in [3.8, 4) is 0 Å². The van der Waals surface area contributed by atoms with Crippen LogP contribution < -0.4 is 21.7 Å². The van der Waals surface area contributed by atoms with Gasteiger partial charge in [-0.1, -0.05) is 90.6 Å². The van der Waals surface area contributed by atoms with Crippen molar-refractivity contribution in [2.24, 2.45) is 34.3 Å². The fourth-order valence-electron chi connectivity index (χ4n) is 8.21. The molecule has 47 heavy (non-hydrogen) atoms. The molecule has 1 aromatic rings. The summed E-state index contributed by atoms with van der Waals surface area (Å²) in [5.41, 5.74) is 4.30. The van der Waals surface area contributed by atoms with Gasteiger partial charge in [-0.25, -0.2) is 4.79 Å². The molecule has 0 aromatic heterocycles. The van der Waals surface area contributed by atoms with Gasteiger partial charge >= 0.3 is 6.03 Å². The molecule has 1 heterocycles. The lowest BCUT2D eigenvalue weighted by Crippen LogP contribution is -2.63. The summed E-state index contributed by atoms with van der Waals surface area (Å²) in [5.74, 6) is -3.01. The Morgan fingerprint density at radius 3 is 2.13 bits per heavy atom.